The number of hydrogen-bond donors (Lipinski definition) is 0. The summed E-state index contributed by atoms with van der Waals surface area (Å²) in [6.07, 6.45) is 3.31. The van der Waals surface area contributed by atoms with Gasteiger partial charge in [0.05, 0.1) is 6.54 Å². The van der Waals surface area contributed by atoms with Crippen LogP contribution in [0.2, 0.25) is 0 Å². The molecular formula is C24H26N2O5. The lowest BCUT2D eigenvalue weighted by Crippen LogP contribution is -2.38. The van der Waals surface area contributed by atoms with Crippen molar-refractivity contribution in [2.24, 2.45) is 0 Å². The maximum atomic E-state index is 12.8. The number of rotatable bonds is 4. The van der Waals surface area contributed by atoms with Crippen LogP contribution in [0.5, 0.6) is 5.75 Å². The molecule has 3 heterocycles. The lowest BCUT2D eigenvalue weighted by molar-refractivity contribution is -0.134. The quantitative estimate of drug-likeness (QED) is 0.597. The minimum absolute atomic E-state index is 0.0776. The molecule has 31 heavy (non-hydrogen) atoms. The third-order valence-corrected chi connectivity index (χ3v) is 6.28. The number of amides is 1. The fourth-order valence-electron chi connectivity index (χ4n) is 4.53. The number of ether oxygens (including phenoxy) is 1. The number of nitrogens with zero attached hydrogens (tertiary/aromatic N) is 2. The molecule has 0 radical (unpaired) electrons. The summed E-state index contributed by atoms with van der Waals surface area (Å²) in [4.78, 5) is 31.4. The van der Waals surface area contributed by atoms with Gasteiger partial charge in [-0.3, -0.25) is 4.79 Å². The summed E-state index contributed by atoms with van der Waals surface area (Å²) in [5.74, 6) is 2.27. The molecule has 7 heteroatoms. The number of fused-ring (bicyclic) bond motifs is 4. The van der Waals surface area contributed by atoms with Crippen molar-refractivity contribution in [3.63, 3.8) is 0 Å². The molecule has 162 valence electrons. The van der Waals surface area contributed by atoms with Crippen molar-refractivity contribution in [3.8, 4) is 5.75 Å². The molecule has 1 aliphatic heterocycles. The van der Waals surface area contributed by atoms with E-state index in [0.29, 0.717) is 30.8 Å². The molecule has 2 aromatic heterocycles. The van der Waals surface area contributed by atoms with Crippen molar-refractivity contribution in [1.29, 1.82) is 0 Å². The number of hydrogen-bond acceptors (Lipinski definition) is 6. The molecule has 3 aromatic rings. The highest BCUT2D eigenvalue weighted by Crippen LogP contribution is 2.33. The van der Waals surface area contributed by atoms with Gasteiger partial charge in [0.15, 0.2) is 12.5 Å². The van der Waals surface area contributed by atoms with E-state index in [4.69, 9.17) is 13.6 Å². The van der Waals surface area contributed by atoms with Crippen LogP contribution < -0.4 is 10.4 Å². The summed E-state index contributed by atoms with van der Waals surface area (Å²) < 4.78 is 17.3. The number of benzene rings is 1. The summed E-state index contributed by atoms with van der Waals surface area (Å²) >= 11 is 0. The monoisotopic (exact) mass is 422 g/mol. The number of aromatic nitrogens is 1. The van der Waals surface area contributed by atoms with Crippen molar-refractivity contribution in [2.75, 3.05) is 13.2 Å². The van der Waals surface area contributed by atoms with Gasteiger partial charge < -0.3 is 18.5 Å². The van der Waals surface area contributed by atoms with Gasteiger partial charge in [-0.05, 0) is 43.9 Å². The largest absolute Gasteiger partial charge is 0.483 e. The summed E-state index contributed by atoms with van der Waals surface area (Å²) in [5.41, 5.74) is 3.77. The Morgan fingerprint density at radius 1 is 1.19 bits per heavy atom. The maximum absolute atomic E-state index is 12.8. The molecule has 7 nitrogen and oxygen atoms in total. The molecule has 0 N–H and O–H groups in total. The molecule has 0 atom stereocenters. The predicted octanol–water partition coefficient (Wildman–Crippen LogP) is 3.67. The standard InChI is InChI=1S/C24H26N2O5/c1-13(2)23-25-18-11-26(10-9-20(18)30-23)21(27)12-29-19-8-7-16-15-5-4-6-17(15)24(28)31-22(16)14(19)3/h7-8,13H,4-6,9-12H2,1-3H3. The Bertz CT molecular complexity index is 1240. The zero-order valence-electron chi connectivity index (χ0n) is 18.1. The molecule has 0 unspecified atom stereocenters. The SMILES string of the molecule is Cc1c(OCC(=O)N2CCc3oc(C(C)C)nc3C2)ccc2c3c(c(=O)oc12)CCC3. The topological polar surface area (TPSA) is 85.8 Å². The predicted molar refractivity (Wildman–Crippen MR) is 114 cm³/mol. The Morgan fingerprint density at radius 3 is 2.81 bits per heavy atom. The Hall–Kier alpha value is -3.09. The lowest BCUT2D eigenvalue weighted by atomic mass is 10.0. The highest BCUT2D eigenvalue weighted by molar-refractivity contribution is 5.86. The molecule has 0 spiro atoms. The van der Waals surface area contributed by atoms with Gasteiger partial charge in [0.2, 0.25) is 0 Å². The van der Waals surface area contributed by atoms with Gasteiger partial charge in [0.1, 0.15) is 22.8 Å². The second-order valence-corrected chi connectivity index (χ2v) is 8.70. The summed E-state index contributed by atoms with van der Waals surface area (Å²) in [6, 6.07) is 3.80. The fraction of sp³-hybridized carbons (Fsp3) is 0.458. The van der Waals surface area contributed by atoms with Crippen LogP contribution in [-0.2, 0) is 30.6 Å². The first-order chi connectivity index (χ1) is 14.9. The average molecular weight is 422 g/mol. The fourth-order valence-corrected chi connectivity index (χ4v) is 4.53. The van der Waals surface area contributed by atoms with Gasteiger partial charge in [-0.2, -0.15) is 0 Å². The molecule has 0 saturated heterocycles. The zero-order chi connectivity index (χ0) is 21.7. The summed E-state index contributed by atoms with van der Waals surface area (Å²) in [6.45, 7) is 6.88. The first-order valence-electron chi connectivity index (χ1n) is 10.9. The molecule has 0 saturated carbocycles. The van der Waals surface area contributed by atoms with Gasteiger partial charge in [0, 0.05) is 35.4 Å². The third kappa shape index (κ3) is 3.42. The Labute approximate surface area is 180 Å². The molecule has 1 aromatic carbocycles. The van der Waals surface area contributed by atoms with Crippen LogP contribution in [0, 0.1) is 6.92 Å². The van der Waals surface area contributed by atoms with Gasteiger partial charge in [0.25, 0.3) is 5.91 Å². The van der Waals surface area contributed by atoms with Gasteiger partial charge in [-0.25, -0.2) is 9.78 Å². The smallest absolute Gasteiger partial charge is 0.339 e. The first kappa shape index (κ1) is 19.8. The highest BCUT2D eigenvalue weighted by Gasteiger charge is 2.27. The molecule has 0 fully saturated rings. The van der Waals surface area contributed by atoms with E-state index < -0.39 is 0 Å². The second kappa shape index (κ2) is 7.55. The third-order valence-electron chi connectivity index (χ3n) is 6.28. The number of oxazole rings is 1. The molecule has 2 aliphatic rings. The van der Waals surface area contributed by atoms with Crippen molar-refractivity contribution >= 4 is 16.9 Å². The van der Waals surface area contributed by atoms with Crippen LogP contribution in [0.25, 0.3) is 11.0 Å². The number of carbonyl (C=O) groups excluding carboxylic acids is 1. The van der Waals surface area contributed by atoms with Crippen molar-refractivity contribution in [2.45, 2.75) is 58.9 Å². The highest BCUT2D eigenvalue weighted by atomic mass is 16.5. The van der Waals surface area contributed by atoms with E-state index in [1.807, 2.05) is 32.9 Å². The molecule has 5 rings (SSSR count). The minimum atomic E-state index is -0.256. The van der Waals surface area contributed by atoms with Crippen LogP contribution >= 0.6 is 0 Å². The van der Waals surface area contributed by atoms with E-state index in [2.05, 4.69) is 4.98 Å². The number of carbonyl (C=O) groups is 1. The molecule has 0 bridgehead atoms. The molecule has 1 aliphatic carbocycles. The van der Waals surface area contributed by atoms with Crippen molar-refractivity contribution in [1.82, 2.24) is 9.88 Å². The van der Waals surface area contributed by atoms with E-state index in [1.165, 1.54) is 0 Å². The van der Waals surface area contributed by atoms with Gasteiger partial charge in [-0.1, -0.05) is 13.8 Å². The molecule has 1 amide bonds. The second-order valence-electron chi connectivity index (χ2n) is 8.70. The van der Waals surface area contributed by atoms with E-state index in [1.54, 1.807) is 4.90 Å². The summed E-state index contributed by atoms with van der Waals surface area (Å²) in [7, 11) is 0. The van der Waals surface area contributed by atoms with E-state index in [9.17, 15) is 9.59 Å². The normalized spacial score (nSPS) is 15.4. The van der Waals surface area contributed by atoms with Gasteiger partial charge >= 0.3 is 5.63 Å². The van der Waals surface area contributed by atoms with Crippen LogP contribution in [0.15, 0.2) is 25.8 Å². The van der Waals surface area contributed by atoms with Crippen LogP contribution in [-0.4, -0.2) is 28.9 Å². The van der Waals surface area contributed by atoms with E-state index in [-0.39, 0.29) is 24.1 Å². The zero-order valence-corrected chi connectivity index (χ0v) is 18.1. The Kier molecular flexibility index (Phi) is 4.84. The summed E-state index contributed by atoms with van der Waals surface area (Å²) in [5, 5.41) is 0.971. The van der Waals surface area contributed by atoms with E-state index in [0.717, 1.165) is 58.7 Å². The van der Waals surface area contributed by atoms with Crippen molar-refractivity contribution in [3.05, 3.63) is 56.6 Å². The van der Waals surface area contributed by atoms with Crippen LogP contribution in [0.1, 0.15) is 60.2 Å². The van der Waals surface area contributed by atoms with Crippen molar-refractivity contribution < 1.29 is 18.4 Å². The Balaban J connectivity index is 1.32. The number of aryl methyl sites for hydroxylation is 2. The first-order valence-corrected chi connectivity index (χ1v) is 10.9. The average Bonchev–Trinajstić information content (AvgIpc) is 3.41. The van der Waals surface area contributed by atoms with Gasteiger partial charge in [-0.15, -0.1) is 0 Å². The van der Waals surface area contributed by atoms with Crippen LogP contribution in [0.3, 0.4) is 0 Å². The molecular weight excluding hydrogens is 396 g/mol. The van der Waals surface area contributed by atoms with Crippen LogP contribution in [0.4, 0.5) is 0 Å². The van der Waals surface area contributed by atoms with E-state index >= 15 is 0 Å². The Morgan fingerprint density at radius 2 is 2.00 bits per heavy atom. The maximum Gasteiger partial charge on any atom is 0.339 e. The lowest BCUT2D eigenvalue weighted by Gasteiger charge is -2.25. The minimum Gasteiger partial charge on any atom is -0.483 e.